The van der Waals surface area contributed by atoms with E-state index in [1.165, 1.54) is 12.1 Å². The van der Waals surface area contributed by atoms with E-state index in [0.29, 0.717) is 10.4 Å². The maximum atomic E-state index is 12.2. The second-order valence-corrected chi connectivity index (χ2v) is 7.95. The molecule has 2 aromatic carbocycles. The molecule has 30 heavy (non-hydrogen) atoms. The first-order valence-electron chi connectivity index (χ1n) is 8.90. The minimum absolute atomic E-state index is 0.00857. The van der Waals surface area contributed by atoms with Gasteiger partial charge in [0.2, 0.25) is 5.91 Å². The molecule has 1 saturated carbocycles. The Bertz CT molecular complexity index is 1340. The topological polar surface area (TPSA) is 121 Å². The highest BCUT2D eigenvalue weighted by Crippen LogP contribution is 2.56. The van der Waals surface area contributed by atoms with E-state index in [-0.39, 0.29) is 27.4 Å². The number of hydrogen-bond donors (Lipinski definition) is 2. The summed E-state index contributed by atoms with van der Waals surface area (Å²) in [5.74, 6) is 6.08. The predicted molar refractivity (Wildman–Crippen MR) is 110 cm³/mol. The standard InChI is InChI=1S/C19H13Cl2N5O4/c20-12-5-9(26-18(29)25(22)15(27)8-23-26)6-13(21)16(12)30-10-1-2-14-11(7-10)19(3-4-19)17(28)24-14/h1-2,5-8H,3-4,22H2,(H,24,28). The average molecular weight is 446 g/mol. The fourth-order valence-electron chi connectivity index (χ4n) is 3.55. The Kier molecular flexibility index (Phi) is 3.96. The summed E-state index contributed by atoms with van der Waals surface area (Å²) in [7, 11) is 0. The Morgan fingerprint density at radius 2 is 1.80 bits per heavy atom. The van der Waals surface area contributed by atoms with E-state index in [1.54, 1.807) is 18.2 Å². The molecule has 2 heterocycles. The van der Waals surface area contributed by atoms with E-state index in [2.05, 4.69) is 10.4 Å². The number of carbonyl (C=O) groups excluding carboxylic acids is 1. The van der Waals surface area contributed by atoms with Crippen LogP contribution in [0.5, 0.6) is 11.5 Å². The zero-order chi connectivity index (χ0) is 21.2. The second-order valence-electron chi connectivity index (χ2n) is 7.13. The highest BCUT2D eigenvalue weighted by atomic mass is 35.5. The Labute approximate surface area is 178 Å². The third kappa shape index (κ3) is 2.70. The molecule has 0 unspecified atom stereocenters. The monoisotopic (exact) mass is 445 g/mol. The van der Waals surface area contributed by atoms with Crippen molar-refractivity contribution in [3.63, 3.8) is 0 Å². The summed E-state index contributed by atoms with van der Waals surface area (Å²) < 4.78 is 7.21. The van der Waals surface area contributed by atoms with Gasteiger partial charge in [-0.3, -0.25) is 9.59 Å². The quantitative estimate of drug-likeness (QED) is 0.595. The average Bonchev–Trinajstić information content (AvgIpc) is 3.46. The minimum atomic E-state index is -0.853. The first kappa shape index (κ1) is 18.7. The molecule has 5 rings (SSSR count). The Morgan fingerprint density at radius 3 is 2.47 bits per heavy atom. The van der Waals surface area contributed by atoms with Crippen molar-refractivity contribution in [2.24, 2.45) is 0 Å². The van der Waals surface area contributed by atoms with Crippen LogP contribution in [-0.2, 0) is 10.2 Å². The molecule has 0 saturated heterocycles. The van der Waals surface area contributed by atoms with Gasteiger partial charge in [-0.05, 0) is 48.7 Å². The molecule has 9 nitrogen and oxygen atoms in total. The van der Waals surface area contributed by atoms with E-state index in [9.17, 15) is 14.4 Å². The van der Waals surface area contributed by atoms with Gasteiger partial charge in [0.1, 0.15) is 11.9 Å². The Balaban J connectivity index is 1.51. The van der Waals surface area contributed by atoms with Gasteiger partial charge in [0.05, 0.1) is 21.1 Å². The highest BCUT2D eigenvalue weighted by Gasteiger charge is 2.56. The molecule has 1 amide bonds. The van der Waals surface area contributed by atoms with E-state index in [0.717, 1.165) is 35.0 Å². The van der Waals surface area contributed by atoms with Crippen LogP contribution in [0.1, 0.15) is 18.4 Å². The number of ether oxygens (including phenoxy) is 1. The molecule has 152 valence electrons. The lowest BCUT2D eigenvalue weighted by atomic mass is 9.98. The highest BCUT2D eigenvalue weighted by molar-refractivity contribution is 6.37. The number of nitrogen functional groups attached to an aromatic ring is 1. The van der Waals surface area contributed by atoms with Crippen molar-refractivity contribution in [1.29, 1.82) is 0 Å². The lowest BCUT2D eigenvalue weighted by Gasteiger charge is -2.13. The first-order valence-corrected chi connectivity index (χ1v) is 9.65. The number of nitrogens with zero attached hydrogens (tertiary/aromatic N) is 3. The summed E-state index contributed by atoms with van der Waals surface area (Å²) in [6.07, 6.45) is 2.51. The van der Waals surface area contributed by atoms with E-state index >= 15 is 0 Å². The number of fused-ring (bicyclic) bond motifs is 2. The number of rotatable bonds is 3. The van der Waals surface area contributed by atoms with Crippen molar-refractivity contribution >= 4 is 34.8 Å². The zero-order valence-electron chi connectivity index (χ0n) is 15.2. The van der Waals surface area contributed by atoms with Crippen LogP contribution in [0, 0.1) is 0 Å². The summed E-state index contributed by atoms with van der Waals surface area (Å²) in [5.41, 5.74) is -0.165. The van der Waals surface area contributed by atoms with Crippen molar-refractivity contribution in [2.45, 2.75) is 18.3 Å². The normalized spacial score (nSPS) is 15.7. The van der Waals surface area contributed by atoms with Crippen LogP contribution in [0.2, 0.25) is 10.0 Å². The van der Waals surface area contributed by atoms with Crippen LogP contribution in [-0.4, -0.2) is 20.4 Å². The number of nitrogens with one attached hydrogen (secondary N) is 1. The molecule has 1 aliphatic carbocycles. The van der Waals surface area contributed by atoms with Crippen molar-refractivity contribution in [2.75, 3.05) is 11.2 Å². The van der Waals surface area contributed by atoms with Crippen molar-refractivity contribution in [3.8, 4) is 17.2 Å². The van der Waals surface area contributed by atoms with Crippen LogP contribution in [0.25, 0.3) is 5.69 Å². The largest absolute Gasteiger partial charge is 0.454 e. The second kappa shape index (κ2) is 6.35. The molecular formula is C19H13Cl2N5O4. The molecule has 1 fully saturated rings. The van der Waals surface area contributed by atoms with Gasteiger partial charge in [0.15, 0.2) is 5.75 Å². The third-order valence-corrected chi connectivity index (χ3v) is 5.86. The van der Waals surface area contributed by atoms with Gasteiger partial charge in [-0.25, -0.2) is 4.79 Å². The number of amides is 1. The van der Waals surface area contributed by atoms with Crippen molar-refractivity contribution < 1.29 is 9.53 Å². The summed E-state index contributed by atoms with van der Waals surface area (Å²) >= 11 is 12.7. The molecular weight excluding hydrogens is 433 g/mol. The van der Waals surface area contributed by atoms with E-state index in [4.69, 9.17) is 33.8 Å². The van der Waals surface area contributed by atoms with Gasteiger partial charge >= 0.3 is 5.69 Å². The smallest absolute Gasteiger partial charge is 0.370 e. The van der Waals surface area contributed by atoms with Crippen LogP contribution in [0.15, 0.2) is 46.1 Å². The molecule has 0 atom stereocenters. The summed E-state index contributed by atoms with van der Waals surface area (Å²) in [5, 5.41) is 6.90. The predicted octanol–water partition coefficient (Wildman–Crippen LogP) is 2.19. The number of hydrogen-bond acceptors (Lipinski definition) is 6. The van der Waals surface area contributed by atoms with Gasteiger partial charge < -0.3 is 15.9 Å². The zero-order valence-corrected chi connectivity index (χ0v) is 16.7. The molecule has 0 bridgehead atoms. The minimum Gasteiger partial charge on any atom is -0.454 e. The Hall–Kier alpha value is -3.30. The number of carbonyl (C=O) groups is 1. The van der Waals surface area contributed by atoms with Gasteiger partial charge in [0.25, 0.3) is 5.56 Å². The van der Waals surface area contributed by atoms with Gasteiger partial charge in [-0.2, -0.15) is 14.5 Å². The Morgan fingerprint density at radius 1 is 1.10 bits per heavy atom. The molecule has 0 radical (unpaired) electrons. The van der Waals surface area contributed by atoms with Crippen LogP contribution in [0.4, 0.5) is 5.69 Å². The first-order chi connectivity index (χ1) is 14.3. The maximum absolute atomic E-state index is 12.2. The van der Waals surface area contributed by atoms with E-state index in [1.807, 2.05) is 0 Å². The van der Waals surface area contributed by atoms with Crippen LogP contribution >= 0.6 is 23.2 Å². The number of nitrogens with two attached hydrogens (primary N) is 1. The van der Waals surface area contributed by atoms with Gasteiger partial charge in [0, 0.05) is 5.69 Å². The molecule has 11 heteroatoms. The van der Waals surface area contributed by atoms with Gasteiger partial charge in [-0.1, -0.05) is 23.2 Å². The number of anilines is 1. The number of benzene rings is 2. The molecule has 1 aliphatic heterocycles. The SMILES string of the molecule is Nn1c(=O)cnn(-c2cc(Cl)c(Oc3ccc4c(c3)C3(CC3)C(=O)N4)c(Cl)c2)c1=O. The van der Waals surface area contributed by atoms with Gasteiger partial charge in [-0.15, -0.1) is 0 Å². The van der Waals surface area contributed by atoms with Crippen molar-refractivity contribution in [1.82, 2.24) is 14.5 Å². The van der Waals surface area contributed by atoms with Crippen LogP contribution in [0.3, 0.4) is 0 Å². The molecule has 3 N–H and O–H groups in total. The fourth-order valence-corrected chi connectivity index (χ4v) is 4.11. The molecule has 1 aromatic heterocycles. The third-order valence-electron chi connectivity index (χ3n) is 5.30. The molecule has 3 aromatic rings. The number of halogens is 2. The molecule has 1 spiro atoms. The van der Waals surface area contributed by atoms with E-state index < -0.39 is 16.7 Å². The van der Waals surface area contributed by atoms with Crippen LogP contribution < -0.4 is 27.1 Å². The fraction of sp³-hybridized carbons (Fsp3) is 0.158. The summed E-state index contributed by atoms with van der Waals surface area (Å²) in [6.45, 7) is 0. The lowest BCUT2D eigenvalue weighted by Crippen LogP contribution is -2.44. The number of aromatic nitrogens is 3. The molecule has 2 aliphatic rings. The summed E-state index contributed by atoms with van der Waals surface area (Å²) in [6, 6.07) is 8.12. The maximum Gasteiger partial charge on any atom is 0.370 e. The summed E-state index contributed by atoms with van der Waals surface area (Å²) in [4.78, 5) is 35.8. The lowest BCUT2D eigenvalue weighted by molar-refractivity contribution is -0.117. The van der Waals surface area contributed by atoms with Crippen molar-refractivity contribution in [3.05, 3.63) is 73.0 Å².